The van der Waals surface area contributed by atoms with Crippen LogP contribution in [0.25, 0.3) is 5.69 Å². The zero-order chi connectivity index (χ0) is 25.4. The SMILES string of the molecule is CC(=O)COc1ncc(F)cc1Sc1cc(-n2c(=O)cc(C(F)(F)F)n(C)c2=O)c(F)cc1Cl. The van der Waals surface area contributed by atoms with Crippen molar-refractivity contribution < 1.29 is 31.5 Å². The standard InChI is InChI=1S/C20H13ClF5N3O4S/c1-9(30)8-33-18-15(3-10(22)7-27-18)34-14-5-13(12(23)4-11(14)21)29-17(31)6-16(20(24,25)26)28(2)19(29)32/h3-7H,8H2,1-2H3. The topological polar surface area (TPSA) is 83.2 Å². The van der Waals surface area contributed by atoms with E-state index in [-0.39, 0.29) is 48.3 Å². The summed E-state index contributed by atoms with van der Waals surface area (Å²) in [4.78, 5) is 39.8. The van der Waals surface area contributed by atoms with Gasteiger partial charge in [-0.1, -0.05) is 23.4 Å². The highest BCUT2D eigenvalue weighted by molar-refractivity contribution is 7.99. The third kappa shape index (κ3) is 5.30. The van der Waals surface area contributed by atoms with Crippen molar-refractivity contribution >= 4 is 29.1 Å². The van der Waals surface area contributed by atoms with Gasteiger partial charge in [0, 0.05) is 18.0 Å². The molecule has 0 amide bonds. The fourth-order valence-corrected chi connectivity index (χ4v) is 3.97. The number of carbonyl (C=O) groups excluding carboxylic acids is 1. The molecule has 1 aromatic carbocycles. The van der Waals surface area contributed by atoms with E-state index in [1.807, 2.05) is 0 Å². The van der Waals surface area contributed by atoms with Gasteiger partial charge in [-0.3, -0.25) is 14.2 Å². The van der Waals surface area contributed by atoms with Crippen LogP contribution < -0.4 is 16.0 Å². The Bertz CT molecular complexity index is 1400. The predicted molar refractivity (Wildman–Crippen MR) is 112 cm³/mol. The van der Waals surface area contributed by atoms with Gasteiger partial charge < -0.3 is 4.74 Å². The Morgan fingerprint density at radius 1 is 1.15 bits per heavy atom. The van der Waals surface area contributed by atoms with Crippen LogP contribution >= 0.6 is 23.4 Å². The van der Waals surface area contributed by atoms with Gasteiger partial charge in [-0.25, -0.2) is 23.1 Å². The number of Topliss-reactive ketones (excluding diaryl/α,β-unsaturated/α-hetero) is 1. The molecular formula is C20H13ClF5N3O4S. The van der Waals surface area contributed by atoms with Gasteiger partial charge in [0.2, 0.25) is 5.88 Å². The van der Waals surface area contributed by atoms with Crippen LogP contribution in [0.3, 0.4) is 0 Å². The molecular weight excluding hydrogens is 509 g/mol. The van der Waals surface area contributed by atoms with Crippen LogP contribution in [0.2, 0.25) is 5.02 Å². The number of ketones is 1. The Balaban J connectivity index is 2.14. The second kappa shape index (κ2) is 9.58. The monoisotopic (exact) mass is 521 g/mol. The molecule has 0 radical (unpaired) electrons. The van der Waals surface area contributed by atoms with Crippen LogP contribution in [0.4, 0.5) is 22.0 Å². The molecule has 2 heterocycles. The van der Waals surface area contributed by atoms with Crippen molar-refractivity contribution in [2.24, 2.45) is 7.05 Å². The molecule has 2 aromatic heterocycles. The molecule has 3 rings (SSSR count). The Kier molecular flexibility index (Phi) is 7.17. The van der Waals surface area contributed by atoms with E-state index in [0.29, 0.717) is 11.8 Å². The van der Waals surface area contributed by atoms with Gasteiger partial charge in [0.25, 0.3) is 5.56 Å². The third-order valence-electron chi connectivity index (χ3n) is 4.27. The summed E-state index contributed by atoms with van der Waals surface area (Å²) >= 11 is 6.77. The summed E-state index contributed by atoms with van der Waals surface area (Å²) in [6, 6.07) is 2.84. The zero-order valence-electron chi connectivity index (χ0n) is 17.2. The summed E-state index contributed by atoms with van der Waals surface area (Å²) in [5.41, 5.74) is -5.07. The summed E-state index contributed by atoms with van der Waals surface area (Å²) in [5.74, 6) is -2.43. The molecule has 0 atom stereocenters. The number of pyridine rings is 1. The van der Waals surface area contributed by atoms with Gasteiger partial charge in [0.15, 0.2) is 5.78 Å². The maximum Gasteiger partial charge on any atom is 0.431 e. The number of rotatable bonds is 6. The highest BCUT2D eigenvalue weighted by atomic mass is 35.5. The lowest BCUT2D eigenvalue weighted by molar-refractivity contribution is -0.144. The van der Waals surface area contributed by atoms with E-state index >= 15 is 0 Å². The molecule has 34 heavy (non-hydrogen) atoms. The number of hydrogen-bond donors (Lipinski definition) is 0. The number of aromatic nitrogens is 3. The van der Waals surface area contributed by atoms with E-state index < -0.39 is 40.4 Å². The first-order valence-corrected chi connectivity index (χ1v) is 10.3. The molecule has 0 fully saturated rings. The van der Waals surface area contributed by atoms with E-state index in [1.165, 1.54) is 6.92 Å². The largest absolute Gasteiger partial charge is 0.469 e. The average molecular weight is 522 g/mol. The van der Waals surface area contributed by atoms with Crippen molar-refractivity contribution in [3.63, 3.8) is 0 Å². The van der Waals surface area contributed by atoms with Gasteiger partial charge in [-0.2, -0.15) is 13.2 Å². The molecule has 14 heteroatoms. The second-order valence-corrected chi connectivity index (χ2v) is 8.32. The smallest absolute Gasteiger partial charge is 0.431 e. The number of alkyl halides is 3. The molecule has 0 spiro atoms. The van der Waals surface area contributed by atoms with Gasteiger partial charge >= 0.3 is 11.9 Å². The Morgan fingerprint density at radius 2 is 1.82 bits per heavy atom. The predicted octanol–water partition coefficient (Wildman–Crippen LogP) is 4.00. The minimum Gasteiger partial charge on any atom is -0.469 e. The molecule has 0 saturated heterocycles. The molecule has 0 N–H and O–H groups in total. The van der Waals surface area contributed by atoms with Crippen molar-refractivity contribution in [1.29, 1.82) is 0 Å². The summed E-state index contributed by atoms with van der Waals surface area (Å²) in [6.07, 6.45) is -4.16. The minimum atomic E-state index is -4.99. The van der Waals surface area contributed by atoms with Gasteiger partial charge in [0.05, 0.1) is 21.8 Å². The molecule has 0 aliphatic rings. The first kappa shape index (κ1) is 25.4. The summed E-state index contributed by atoms with van der Waals surface area (Å²) in [7, 11) is 0.779. The van der Waals surface area contributed by atoms with E-state index in [1.54, 1.807) is 0 Å². The van der Waals surface area contributed by atoms with Crippen molar-refractivity contribution in [3.8, 4) is 11.6 Å². The van der Waals surface area contributed by atoms with Crippen molar-refractivity contribution in [2.45, 2.75) is 22.9 Å². The minimum absolute atomic E-state index is 0.00741. The van der Waals surface area contributed by atoms with Crippen LogP contribution in [-0.4, -0.2) is 26.5 Å². The van der Waals surface area contributed by atoms with Crippen molar-refractivity contribution in [1.82, 2.24) is 14.1 Å². The van der Waals surface area contributed by atoms with Crippen LogP contribution in [0, 0.1) is 11.6 Å². The van der Waals surface area contributed by atoms with E-state index in [9.17, 15) is 36.3 Å². The Labute approximate surface area is 196 Å². The first-order chi connectivity index (χ1) is 15.8. The fraction of sp³-hybridized carbons (Fsp3) is 0.200. The van der Waals surface area contributed by atoms with Gasteiger partial charge in [-0.15, -0.1) is 0 Å². The highest BCUT2D eigenvalue weighted by Gasteiger charge is 2.35. The molecule has 3 aromatic rings. The van der Waals surface area contributed by atoms with Crippen LogP contribution in [0.5, 0.6) is 5.88 Å². The summed E-state index contributed by atoms with van der Waals surface area (Å²) in [6.45, 7) is 0.882. The quantitative estimate of drug-likeness (QED) is 0.456. The van der Waals surface area contributed by atoms with E-state index in [4.69, 9.17) is 16.3 Å². The zero-order valence-corrected chi connectivity index (χ0v) is 18.8. The lowest BCUT2D eigenvalue weighted by Crippen LogP contribution is -2.41. The third-order valence-corrected chi connectivity index (χ3v) is 5.76. The Hall–Kier alpha value is -3.19. The number of ether oxygens (including phenoxy) is 1. The number of halogens is 6. The lowest BCUT2D eigenvalue weighted by Gasteiger charge is -2.15. The number of benzene rings is 1. The fourth-order valence-electron chi connectivity index (χ4n) is 2.77. The first-order valence-electron chi connectivity index (χ1n) is 9.15. The average Bonchev–Trinajstić information content (AvgIpc) is 2.72. The number of hydrogen-bond acceptors (Lipinski definition) is 6. The molecule has 0 saturated carbocycles. The lowest BCUT2D eigenvalue weighted by atomic mass is 10.3. The summed E-state index contributed by atoms with van der Waals surface area (Å²) in [5, 5.41) is -0.218. The van der Waals surface area contributed by atoms with Gasteiger partial charge in [-0.05, 0) is 25.1 Å². The maximum atomic E-state index is 14.7. The van der Waals surface area contributed by atoms with Crippen molar-refractivity contribution in [3.05, 3.63) is 73.7 Å². The molecule has 0 aliphatic heterocycles. The molecule has 7 nitrogen and oxygen atoms in total. The highest BCUT2D eigenvalue weighted by Crippen LogP contribution is 2.39. The Morgan fingerprint density at radius 3 is 2.44 bits per heavy atom. The van der Waals surface area contributed by atoms with E-state index in [2.05, 4.69) is 4.98 Å². The number of carbonyl (C=O) groups is 1. The molecule has 180 valence electrons. The molecule has 0 bridgehead atoms. The second-order valence-electron chi connectivity index (χ2n) is 6.83. The van der Waals surface area contributed by atoms with Gasteiger partial charge in [0.1, 0.15) is 23.9 Å². The summed E-state index contributed by atoms with van der Waals surface area (Å²) < 4.78 is 73.3. The molecule has 0 aliphatic carbocycles. The van der Waals surface area contributed by atoms with E-state index in [0.717, 1.165) is 31.4 Å². The van der Waals surface area contributed by atoms with Crippen LogP contribution in [0.1, 0.15) is 12.6 Å². The number of nitrogens with zero attached hydrogens (tertiary/aromatic N) is 3. The van der Waals surface area contributed by atoms with Crippen LogP contribution in [0.15, 0.2) is 49.8 Å². The van der Waals surface area contributed by atoms with Crippen LogP contribution in [-0.2, 0) is 18.0 Å². The normalized spacial score (nSPS) is 11.5. The van der Waals surface area contributed by atoms with Crippen molar-refractivity contribution in [2.75, 3.05) is 6.61 Å². The maximum absolute atomic E-state index is 14.7. The molecule has 0 unspecified atom stereocenters.